The number of nitrogens with one attached hydrogen (secondary N) is 4. The molecule has 0 aliphatic heterocycles. The molecule has 0 bridgehead atoms. The van der Waals surface area contributed by atoms with E-state index in [4.69, 9.17) is 44.0 Å². The van der Waals surface area contributed by atoms with Gasteiger partial charge in [-0.3, -0.25) is 33.2 Å². The fraction of sp³-hybridized carbons (Fsp3) is 0.660. The molecule has 3 aromatic heterocycles. The number of carbonyl (C=O) groups excluding carboxylic acids is 4. The fourth-order valence-corrected chi connectivity index (χ4v) is 9.25. The molecule has 4 N–H and O–H groups in total. The van der Waals surface area contributed by atoms with Gasteiger partial charge in [0.1, 0.15) is 29.4 Å². The van der Waals surface area contributed by atoms with Crippen molar-refractivity contribution < 1.29 is 56.6 Å². The summed E-state index contributed by atoms with van der Waals surface area (Å²) in [5.41, 5.74) is 0.977. The molecule has 0 aliphatic carbocycles. The molecule has 1 aromatic carbocycles. The van der Waals surface area contributed by atoms with Crippen LogP contribution in [-0.2, 0) is 88.3 Å². The summed E-state index contributed by atoms with van der Waals surface area (Å²) in [7, 11) is 3.52. The summed E-state index contributed by atoms with van der Waals surface area (Å²) in [6.45, 7) is 19.5. The number of carbonyl (C=O) groups is 4. The zero-order valence-corrected chi connectivity index (χ0v) is 47.1. The molecule has 0 spiro atoms. The van der Waals surface area contributed by atoms with Crippen LogP contribution in [0.15, 0.2) is 42.9 Å². The van der Waals surface area contributed by atoms with Crippen LogP contribution in [0.1, 0.15) is 93.7 Å². The third-order valence-corrected chi connectivity index (χ3v) is 13.4. The number of hydrogen-bond acceptors (Lipinski definition) is 19. The van der Waals surface area contributed by atoms with Gasteiger partial charge < -0.3 is 63.6 Å². The second-order valence-electron chi connectivity index (χ2n) is 18.5. The first-order chi connectivity index (χ1) is 37.7. The Kier molecular flexibility index (Phi) is 30.5. The van der Waals surface area contributed by atoms with Gasteiger partial charge in [-0.1, -0.05) is 27.8 Å². The Hall–Kier alpha value is -6.08. The van der Waals surface area contributed by atoms with E-state index in [0.29, 0.717) is 56.7 Å². The zero-order chi connectivity index (χ0) is 56.4. The predicted molar refractivity (Wildman–Crippen MR) is 285 cm³/mol. The number of hydrogen-bond donors (Lipinski definition) is 4. The number of nitrogens with zero attached hydrogens (tertiary/aromatic N) is 11. The molecule has 0 fully saturated rings. The summed E-state index contributed by atoms with van der Waals surface area (Å²) in [5.74, 6) is -1.30. The molecule has 1 unspecified atom stereocenters. The second kappa shape index (κ2) is 36.9. The lowest BCUT2D eigenvalue weighted by atomic mass is 9.82. The maximum absolute atomic E-state index is 14.8. The highest BCUT2D eigenvalue weighted by Gasteiger charge is 2.36. The summed E-state index contributed by atoms with van der Waals surface area (Å²) in [5, 5.41) is 35.5. The molecule has 4 amide bonds. The smallest absolute Gasteiger partial charge is 0.321 e. The van der Waals surface area contributed by atoms with Gasteiger partial charge in [-0.25, -0.2) is 11.2 Å². The summed E-state index contributed by atoms with van der Waals surface area (Å²) in [4.78, 5) is 58.9. The maximum Gasteiger partial charge on any atom is 0.321 e. The van der Waals surface area contributed by atoms with E-state index in [2.05, 4.69) is 61.7 Å². The van der Waals surface area contributed by atoms with Crippen molar-refractivity contribution in [1.29, 1.82) is 0 Å². The largest absolute Gasteiger partial charge is 0.435 e. The minimum atomic E-state index is -1.79. The normalized spacial score (nSPS) is 12.0. The van der Waals surface area contributed by atoms with E-state index in [1.165, 1.54) is 0 Å². The number of rotatable bonds is 43. The van der Waals surface area contributed by atoms with Crippen LogP contribution < -0.4 is 25.8 Å². The minimum absolute atomic E-state index is 0.00942. The van der Waals surface area contributed by atoms with Crippen LogP contribution >= 0.6 is 8.53 Å². The zero-order valence-electron chi connectivity index (χ0n) is 46.2. The van der Waals surface area contributed by atoms with Crippen LogP contribution in [-0.4, -0.2) is 183 Å². The molecule has 28 heteroatoms. The first-order valence-corrected chi connectivity index (χ1v) is 27.3. The second-order valence-corrected chi connectivity index (χ2v) is 19.9. The number of aromatic nitrogens is 9. The summed E-state index contributed by atoms with van der Waals surface area (Å²) < 4.78 is 53.4. The van der Waals surface area contributed by atoms with Crippen molar-refractivity contribution in [3.63, 3.8) is 0 Å². The highest BCUT2D eigenvalue weighted by atomic mass is 31.2. The van der Waals surface area contributed by atoms with Crippen molar-refractivity contribution in [2.45, 2.75) is 104 Å². The molecule has 78 heavy (non-hydrogen) atoms. The van der Waals surface area contributed by atoms with Crippen molar-refractivity contribution >= 4 is 32.2 Å². The highest BCUT2D eigenvalue weighted by Crippen LogP contribution is 2.47. The van der Waals surface area contributed by atoms with Gasteiger partial charge >= 0.3 is 8.53 Å². The minimum Gasteiger partial charge on any atom is -0.435 e. The van der Waals surface area contributed by atoms with Crippen molar-refractivity contribution in [2.75, 3.05) is 92.2 Å². The van der Waals surface area contributed by atoms with Gasteiger partial charge in [0.2, 0.25) is 24.3 Å². The van der Waals surface area contributed by atoms with Gasteiger partial charge in [-0.05, 0) is 59.1 Å². The van der Waals surface area contributed by atoms with E-state index in [0.717, 1.165) is 0 Å². The number of benzene rings is 1. The van der Waals surface area contributed by atoms with Crippen LogP contribution in [0.2, 0.25) is 0 Å². The Morgan fingerprint density at radius 2 is 1.00 bits per heavy atom. The van der Waals surface area contributed by atoms with Crippen LogP contribution in [0.4, 0.5) is 0 Å². The SMILES string of the molecule is [C-]#[N+]CCOP(Oc1ccccc1C(=O)NC(CCC(=O)NCCOCCOCc1cn(C)nn1)(CCC(=O)NCCOCCOCc1cn(C)nn1)CCC(=O)NCCOCCOCc1cn(C)nn1)N(C(C)C)C(C)C. The summed E-state index contributed by atoms with van der Waals surface area (Å²) in [6.07, 6.45) is 5.25. The van der Waals surface area contributed by atoms with Crippen LogP contribution in [0, 0.1) is 6.57 Å². The van der Waals surface area contributed by atoms with Gasteiger partial charge in [0, 0.05) is 77.7 Å². The molecule has 3 heterocycles. The van der Waals surface area contributed by atoms with Crippen LogP contribution in [0.5, 0.6) is 5.75 Å². The molecule has 0 saturated heterocycles. The highest BCUT2D eigenvalue weighted by molar-refractivity contribution is 7.45. The molecule has 432 valence electrons. The van der Waals surface area contributed by atoms with E-state index in [1.807, 2.05) is 27.7 Å². The molecule has 1 atom stereocenters. The number of amides is 4. The molecular formula is C50H80N15O12P. The average Bonchev–Trinajstić information content (AvgIpc) is 4.17. The number of para-hydroxylation sites is 1. The van der Waals surface area contributed by atoms with E-state index >= 15 is 0 Å². The Balaban J connectivity index is 1.46. The van der Waals surface area contributed by atoms with Gasteiger partial charge in [0.15, 0.2) is 0 Å². The Morgan fingerprint density at radius 1 is 0.603 bits per heavy atom. The third kappa shape index (κ3) is 26.0. The lowest BCUT2D eigenvalue weighted by molar-refractivity contribution is -0.121. The van der Waals surface area contributed by atoms with Gasteiger partial charge in [-0.2, -0.15) is 0 Å². The maximum atomic E-state index is 14.8. The van der Waals surface area contributed by atoms with Gasteiger partial charge in [0.05, 0.1) is 103 Å². The Labute approximate surface area is 458 Å². The monoisotopic (exact) mass is 1110 g/mol. The molecule has 0 radical (unpaired) electrons. The lowest BCUT2D eigenvalue weighted by Crippen LogP contribution is -2.50. The van der Waals surface area contributed by atoms with Crippen molar-refractivity contribution in [3.05, 3.63) is 76.9 Å². The van der Waals surface area contributed by atoms with Crippen molar-refractivity contribution in [1.82, 2.24) is 70.9 Å². The molecule has 4 aromatic rings. The number of aryl methyl sites for hydroxylation is 3. The molecule has 27 nitrogen and oxygen atoms in total. The van der Waals surface area contributed by atoms with Crippen molar-refractivity contribution in [3.8, 4) is 5.75 Å². The van der Waals surface area contributed by atoms with E-state index in [1.54, 1.807) is 78.0 Å². The molecular weight excluding hydrogens is 1030 g/mol. The molecule has 4 rings (SSSR count). The van der Waals surface area contributed by atoms with Crippen LogP contribution in [0.25, 0.3) is 4.85 Å². The summed E-state index contributed by atoms with van der Waals surface area (Å²) in [6, 6.07) is 6.71. The number of ether oxygens (including phenoxy) is 6. The Morgan fingerprint density at radius 3 is 1.37 bits per heavy atom. The summed E-state index contributed by atoms with van der Waals surface area (Å²) >= 11 is 0. The topological polar surface area (TPSA) is 290 Å². The quantitative estimate of drug-likeness (QED) is 0.0281. The van der Waals surface area contributed by atoms with E-state index in [-0.39, 0.29) is 152 Å². The fourth-order valence-electron chi connectivity index (χ4n) is 7.65. The predicted octanol–water partition coefficient (Wildman–Crippen LogP) is 2.59. The molecule has 0 aliphatic rings. The third-order valence-electron chi connectivity index (χ3n) is 11.4. The van der Waals surface area contributed by atoms with Crippen molar-refractivity contribution in [2.24, 2.45) is 21.1 Å². The Bertz CT molecular complexity index is 2210. The first-order valence-electron chi connectivity index (χ1n) is 26.1. The van der Waals surface area contributed by atoms with E-state index < -0.39 is 20.0 Å². The average molecular weight is 1110 g/mol. The van der Waals surface area contributed by atoms with Crippen LogP contribution in [0.3, 0.4) is 0 Å². The molecule has 0 saturated carbocycles. The first kappa shape index (κ1) is 64.4. The lowest BCUT2D eigenvalue weighted by Gasteiger charge is -2.36. The van der Waals surface area contributed by atoms with Gasteiger partial charge in [0.25, 0.3) is 5.91 Å². The van der Waals surface area contributed by atoms with Gasteiger partial charge in [-0.15, -0.1) is 15.3 Å². The standard InChI is InChI=1S/C50H80N15O12P/c1-39(2)65(40(3)4)78(76-26-19-51-5)77-45-12-10-9-11-44(45)49(69)55-50(16-13-46(66)52-20-23-70-27-30-73-36-41-33-62(6)59-56-41,17-14-47(67)53-21-24-71-28-31-74-37-42-34-63(7)60-57-42)18-15-48(68)54-22-25-72-29-32-75-38-43-35-64(8)61-58-43/h9-12,33-35,39-40H,13-32,36-38H2,1-4,6-8H3,(H,52,66)(H,53,67)(H,54,68)(H,55,69). The van der Waals surface area contributed by atoms with E-state index in [9.17, 15) is 19.2 Å².